The van der Waals surface area contributed by atoms with Crippen LogP contribution in [0.15, 0.2) is 22.7 Å². The van der Waals surface area contributed by atoms with Gasteiger partial charge in [0.15, 0.2) is 0 Å². The maximum Gasteiger partial charge on any atom is 0.326 e. The van der Waals surface area contributed by atoms with Gasteiger partial charge in [-0.1, -0.05) is 15.9 Å². The number of hydrogen-bond donors (Lipinski definition) is 3. The van der Waals surface area contributed by atoms with Crippen LogP contribution in [0.3, 0.4) is 0 Å². The van der Waals surface area contributed by atoms with Crippen molar-refractivity contribution in [2.24, 2.45) is 0 Å². The first-order valence-electron chi connectivity index (χ1n) is 5.51. The Labute approximate surface area is 121 Å². The number of benzene rings is 1. The van der Waals surface area contributed by atoms with Crippen LogP contribution >= 0.6 is 15.9 Å². The number of carbonyl (C=O) groups excluding carboxylic acids is 1. The van der Waals surface area contributed by atoms with Gasteiger partial charge in [0.1, 0.15) is 11.9 Å². The van der Waals surface area contributed by atoms with E-state index in [1.165, 1.54) is 12.1 Å². The minimum absolute atomic E-state index is 0.283. The number of hydrogen-bond acceptors (Lipinski definition) is 3. The zero-order valence-electron chi connectivity index (χ0n) is 10.1. The van der Waals surface area contributed by atoms with Gasteiger partial charge in [-0.25, -0.2) is 9.18 Å². The van der Waals surface area contributed by atoms with Crippen LogP contribution in [0.25, 0.3) is 0 Å². The second-order valence-corrected chi connectivity index (χ2v) is 4.84. The van der Waals surface area contributed by atoms with Gasteiger partial charge >= 0.3 is 11.9 Å². The van der Waals surface area contributed by atoms with Crippen molar-refractivity contribution in [3.05, 3.63) is 34.1 Å². The molecule has 0 aliphatic rings. The molecule has 3 N–H and O–H groups in total. The molecule has 0 radical (unpaired) electrons. The van der Waals surface area contributed by atoms with Gasteiger partial charge in [0.25, 0.3) is 5.91 Å². The highest BCUT2D eigenvalue weighted by Gasteiger charge is 2.23. The second kappa shape index (κ2) is 6.99. The average Bonchev–Trinajstić information content (AvgIpc) is 2.33. The molecular weight excluding hydrogens is 337 g/mol. The molecule has 1 aromatic carbocycles. The van der Waals surface area contributed by atoms with Crippen molar-refractivity contribution in [3.8, 4) is 0 Å². The molecule has 0 aromatic heterocycles. The van der Waals surface area contributed by atoms with Crippen LogP contribution in [0.4, 0.5) is 4.39 Å². The fourth-order valence-corrected chi connectivity index (χ4v) is 1.77. The Bertz CT molecular complexity index is 549. The fourth-order valence-electron chi connectivity index (χ4n) is 1.43. The van der Waals surface area contributed by atoms with E-state index < -0.39 is 36.1 Å². The molecule has 1 rings (SSSR count). The molecule has 6 nitrogen and oxygen atoms in total. The van der Waals surface area contributed by atoms with Crippen molar-refractivity contribution >= 4 is 33.8 Å². The Morgan fingerprint density at radius 1 is 1.30 bits per heavy atom. The van der Waals surface area contributed by atoms with E-state index in [-0.39, 0.29) is 12.0 Å². The van der Waals surface area contributed by atoms with Crippen molar-refractivity contribution in [2.75, 3.05) is 0 Å². The third-order valence-corrected chi connectivity index (χ3v) is 2.92. The average molecular weight is 348 g/mol. The van der Waals surface area contributed by atoms with Gasteiger partial charge in [0.2, 0.25) is 0 Å². The molecule has 1 unspecified atom stereocenters. The summed E-state index contributed by atoms with van der Waals surface area (Å²) < 4.78 is 14.0. The first kappa shape index (κ1) is 16.1. The number of carbonyl (C=O) groups is 3. The maximum absolute atomic E-state index is 13.5. The summed E-state index contributed by atoms with van der Waals surface area (Å²) in [7, 11) is 0. The minimum Gasteiger partial charge on any atom is -0.481 e. The monoisotopic (exact) mass is 347 g/mol. The maximum atomic E-state index is 13.5. The van der Waals surface area contributed by atoms with E-state index in [2.05, 4.69) is 21.2 Å². The first-order chi connectivity index (χ1) is 9.31. The largest absolute Gasteiger partial charge is 0.481 e. The molecule has 8 heteroatoms. The summed E-state index contributed by atoms with van der Waals surface area (Å²) >= 11 is 3.03. The van der Waals surface area contributed by atoms with E-state index in [1.54, 1.807) is 0 Å². The normalized spacial score (nSPS) is 11.7. The third-order valence-electron chi connectivity index (χ3n) is 2.43. The smallest absolute Gasteiger partial charge is 0.326 e. The summed E-state index contributed by atoms with van der Waals surface area (Å²) in [6, 6.07) is 2.32. The topological polar surface area (TPSA) is 104 Å². The summed E-state index contributed by atoms with van der Waals surface area (Å²) in [5, 5.41) is 19.5. The molecule has 20 heavy (non-hydrogen) atoms. The van der Waals surface area contributed by atoms with Crippen molar-refractivity contribution in [1.82, 2.24) is 5.32 Å². The zero-order valence-corrected chi connectivity index (χ0v) is 11.7. The van der Waals surface area contributed by atoms with E-state index in [9.17, 15) is 18.8 Å². The lowest BCUT2D eigenvalue weighted by Crippen LogP contribution is -2.41. The molecule has 0 heterocycles. The molecule has 0 fully saturated rings. The molecule has 1 amide bonds. The van der Waals surface area contributed by atoms with Gasteiger partial charge in [-0.05, 0) is 24.6 Å². The third kappa shape index (κ3) is 4.61. The van der Waals surface area contributed by atoms with Crippen LogP contribution in [-0.4, -0.2) is 34.1 Å². The van der Waals surface area contributed by atoms with Crippen molar-refractivity contribution < 1.29 is 29.0 Å². The summed E-state index contributed by atoms with van der Waals surface area (Å²) in [5.41, 5.74) is -0.310. The SMILES string of the molecule is O=C(O)CCC(NC(=O)c1ccc(Br)cc1F)C(=O)O. The van der Waals surface area contributed by atoms with Gasteiger partial charge < -0.3 is 15.5 Å². The van der Waals surface area contributed by atoms with Crippen LogP contribution in [0.1, 0.15) is 23.2 Å². The lowest BCUT2D eigenvalue weighted by molar-refractivity contribution is -0.140. The predicted octanol–water partition coefficient (Wildman–Crippen LogP) is 1.64. The van der Waals surface area contributed by atoms with Crippen molar-refractivity contribution in [1.29, 1.82) is 0 Å². The van der Waals surface area contributed by atoms with Crippen molar-refractivity contribution in [3.63, 3.8) is 0 Å². The second-order valence-electron chi connectivity index (χ2n) is 3.92. The summed E-state index contributed by atoms with van der Waals surface area (Å²) in [6.07, 6.45) is -0.700. The molecule has 108 valence electrons. The molecular formula is C12H11BrFNO5. The Kier molecular flexibility index (Phi) is 5.63. The molecule has 0 bridgehead atoms. The summed E-state index contributed by atoms with van der Waals surface area (Å²) in [4.78, 5) is 33.1. The highest BCUT2D eigenvalue weighted by atomic mass is 79.9. The number of aliphatic carboxylic acids is 2. The van der Waals surface area contributed by atoms with Gasteiger partial charge in [-0.15, -0.1) is 0 Å². The van der Waals surface area contributed by atoms with Crippen molar-refractivity contribution in [2.45, 2.75) is 18.9 Å². The lowest BCUT2D eigenvalue weighted by Gasteiger charge is -2.13. The fraction of sp³-hybridized carbons (Fsp3) is 0.250. The number of amides is 1. The summed E-state index contributed by atoms with van der Waals surface area (Å²) in [5.74, 6) is -4.27. The number of carboxylic acids is 2. The van der Waals surface area contributed by atoms with Gasteiger partial charge in [0.05, 0.1) is 5.56 Å². The van der Waals surface area contributed by atoms with Gasteiger partial charge in [0, 0.05) is 10.9 Å². The van der Waals surface area contributed by atoms with Crippen LogP contribution in [0.2, 0.25) is 0 Å². The Balaban J connectivity index is 2.80. The number of carboxylic acid groups (broad SMARTS) is 2. The Hall–Kier alpha value is -1.96. The standard InChI is InChI=1S/C12H11BrFNO5/c13-6-1-2-7(8(14)5-6)11(18)15-9(12(19)20)3-4-10(16)17/h1-2,5,9H,3-4H2,(H,15,18)(H,16,17)(H,19,20). The highest BCUT2D eigenvalue weighted by molar-refractivity contribution is 9.10. The Morgan fingerprint density at radius 2 is 1.95 bits per heavy atom. The van der Waals surface area contributed by atoms with E-state index in [1.807, 2.05) is 0 Å². The zero-order chi connectivity index (χ0) is 15.3. The highest BCUT2D eigenvalue weighted by Crippen LogP contribution is 2.15. The number of halogens is 2. The molecule has 1 aromatic rings. The quantitative estimate of drug-likeness (QED) is 0.725. The van der Waals surface area contributed by atoms with Gasteiger partial charge in [-0.3, -0.25) is 9.59 Å². The minimum atomic E-state index is -1.39. The molecule has 0 saturated carbocycles. The van der Waals surface area contributed by atoms with E-state index in [0.717, 1.165) is 6.07 Å². The van der Waals surface area contributed by atoms with E-state index in [0.29, 0.717) is 4.47 Å². The first-order valence-corrected chi connectivity index (χ1v) is 6.31. The predicted molar refractivity (Wildman–Crippen MR) is 69.9 cm³/mol. The number of nitrogens with one attached hydrogen (secondary N) is 1. The Morgan fingerprint density at radius 3 is 2.45 bits per heavy atom. The van der Waals surface area contributed by atoms with E-state index >= 15 is 0 Å². The molecule has 1 atom stereocenters. The molecule has 0 saturated heterocycles. The molecule has 0 aliphatic heterocycles. The van der Waals surface area contributed by atoms with Crippen LogP contribution in [0, 0.1) is 5.82 Å². The number of rotatable bonds is 6. The van der Waals surface area contributed by atoms with Crippen LogP contribution in [0.5, 0.6) is 0 Å². The lowest BCUT2D eigenvalue weighted by atomic mass is 10.1. The van der Waals surface area contributed by atoms with Crippen LogP contribution < -0.4 is 5.32 Å². The molecule has 0 aliphatic carbocycles. The van der Waals surface area contributed by atoms with Gasteiger partial charge in [-0.2, -0.15) is 0 Å². The van der Waals surface area contributed by atoms with E-state index in [4.69, 9.17) is 10.2 Å². The van der Waals surface area contributed by atoms with Crippen LogP contribution in [-0.2, 0) is 9.59 Å². The molecule has 0 spiro atoms. The summed E-state index contributed by atoms with van der Waals surface area (Å²) in [6.45, 7) is 0.